The molecular formula is C14H8N6. The Balaban J connectivity index is 1.96. The maximum atomic E-state index is 8.92. The van der Waals surface area contributed by atoms with Crippen LogP contribution in [0.25, 0.3) is 27.9 Å². The Hall–Kier alpha value is -3.20. The second kappa shape index (κ2) is 3.90. The number of aromatic amines is 1. The Morgan fingerprint density at radius 1 is 1.25 bits per heavy atom. The highest BCUT2D eigenvalue weighted by molar-refractivity contribution is 5.84. The molecule has 4 rings (SSSR count). The lowest BCUT2D eigenvalue weighted by atomic mass is 10.2. The molecule has 4 aromatic rings. The van der Waals surface area contributed by atoms with Gasteiger partial charge in [0.05, 0.1) is 46.1 Å². The third-order valence-electron chi connectivity index (χ3n) is 3.19. The maximum Gasteiger partial charge on any atom is 0.142 e. The van der Waals surface area contributed by atoms with Gasteiger partial charge in [-0.15, -0.1) is 0 Å². The van der Waals surface area contributed by atoms with Crippen LogP contribution in [0.5, 0.6) is 0 Å². The summed E-state index contributed by atoms with van der Waals surface area (Å²) in [5, 5.41) is 13.2. The third-order valence-corrected chi connectivity index (χ3v) is 3.19. The second-order valence-corrected chi connectivity index (χ2v) is 4.39. The second-order valence-electron chi connectivity index (χ2n) is 4.39. The largest absolute Gasteiger partial charge is 0.338 e. The fourth-order valence-corrected chi connectivity index (χ4v) is 2.22. The highest BCUT2D eigenvalue weighted by atomic mass is 15.2. The molecule has 0 aliphatic carbocycles. The summed E-state index contributed by atoms with van der Waals surface area (Å²) < 4.78 is 1.75. The highest BCUT2D eigenvalue weighted by Crippen LogP contribution is 2.24. The average Bonchev–Trinajstić information content (AvgIpc) is 3.09. The molecule has 0 saturated carbocycles. The molecule has 0 spiro atoms. The summed E-state index contributed by atoms with van der Waals surface area (Å²) in [6, 6.07) is 7.49. The molecule has 0 bridgehead atoms. The van der Waals surface area contributed by atoms with Gasteiger partial charge in [0.15, 0.2) is 0 Å². The number of aromatic nitrogens is 5. The van der Waals surface area contributed by atoms with Crippen LogP contribution in [0, 0.1) is 11.3 Å². The lowest BCUT2D eigenvalue weighted by Gasteiger charge is -1.93. The van der Waals surface area contributed by atoms with Crippen molar-refractivity contribution in [1.82, 2.24) is 24.6 Å². The molecule has 6 nitrogen and oxygen atoms in total. The lowest BCUT2D eigenvalue weighted by molar-refractivity contribution is 0.946. The van der Waals surface area contributed by atoms with Gasteiger partial charge in [0.25, 0.3) is 0 Å². The van der Waals surface area contributed by atoms with Crippen molar-refractivity contribution in [2.45, 2.75) is 0 Å². The average molecular weight is 260 g/mol. The Bertz CT molecular complexity index is 972. The monoisotopic (exact) mass is 260 g/mol. The van der Waals surface area contributed by atoms with Crippen LogP contribution in [0.1, 0.15) is 5.56 Å². The van der Waals surface area contributed by atoms with E-state index in [2.05, 4.69) is 26.1 Å². The molecule has 3 heterocycles. The van der Waals surface area contributed by atoms with E-state index in [0.717, 1.165) is 27.9 Å². The zero-order valence-electron chi connectivity index (χ0n) is 10.3. The van der Waals surface area contributed by atoms with E-state index < -0.39 is 0 Å². The minimum atomic E-state index is 0.606. The number of rotatable bonds is 1. The van der Waals surface area contributed by atoms with Crippen LogP contribution < -0.4 is 0 Å². The maximum absolute atomic E-state index is 8.92. The first-order valence-electron chi connectivity index (χ1n) is 6.03. The minimum absolute atomic E-state index is 0.606. The van der Waals surface area contributed by atoms with Crippen LogP contribution in [0.4, 0.5) is 0 Å². The molecule has 20 heavy (non-hydrogen) atoms. The van der Waals surface area contributed by atoms with Gasteiger partial charge in [-0.1, -0.05) is 0 Å². The van der Waals surface area contributed by atoms with Crippen molar-refractivity contribution in [3.8, 4) is 17.5 Å². The van der Waals surface area contributed by atoms with E-state index in [1.54, 1.807) is 41.4 Å². The molecule has 1 N–H and O–H groups in total. The van der Waals surface area contributed by atoms with Crippen LogP contribution in [-0.4, -0.2) is 24.6 Å². The number of nitrogens with zero attached hydrogens (tertiary/aromatic N) is 5. The first kappa shape index (κ1) is 10.7. The number of hydrogen-bond donors (Lipinski definition) is 1. The summed E-state index contributed by atoms with van der Waals surface area (Å²) in [4.78, 5) is 11.9. The van der Waals surface area contributed by atoms with E-state index in [4.69, 9.17) is 5.26 Å². The van der Waals surface area contributed by atoms with Crippen molar-refractivity contribution in [3.05, 3.63) is 48.5 Å². The number of nitrogens with one attached hydrogen (secondary N) is 1. The van der Waals surface area contributed by atoms with Crippen molar-refractivity contribution >= 4 is 16.6 Å². The Morgan fingerprint density at radius 3 is 3.10 bits per heavy atom. The summed E-state index contributed by atoms with van der Waals surface area (Å²) >= 11 is 0. The van der Waals surface area contributed by atoms with E-state index >= 15 is 0 Å². The minimum Gasteiger partial charge on any atom is -0.338 e. The Kier molecular flexibility index (Phi) is 2.08. The molecule has 3 aromatic heterocycles. The highest BCUT2D eigenvalue weighted by Gasteiger charge is 2.11. The van der Waals surface area contributed by atoms with Gasteiger partial charge in [0.2, 0.25) is 0 Å². The molecule has 94 valence electrons. The summed E-state index contributed by atoms with van der Waals surface area (Å²) in [5.41, 5.74) is 4.03. The van der Waals surface area contributed by atoms with Crippen molar-refractivity contribution in [2.24, 2.45) is 0 Å². The van der Waals surface area contributed by atoms with Crippen molar-refractivity contribution in [3.63, 3.8) is 0 Å². The predicted molar refractivity (Wildman–Crippen MR) is 72.8 cm³/mol. The number of hydrogen-bond acceptors (Lipinski definition) is 4. The molecule has 1 aromatic carbocycles. The smallest absolute Gasteiger partial charge is 0.142 e. The lowest BCUT2D eigenvalue weighted by Crippen LogP contribution is -1.86. The van der Waals surface area contributed by atoms with E-state index in [1.807, 2.05) is 6.07 Å². The normalized spacial score (nSPS) is 10.9. The number of H-pyrrole nitrogens is 1. The topological polar surface area (TPSA) is 82.7 Å². The molecule has 0 radical (unpaired) electrons. The SMILES string of the molecule is N#Cc1ccc2nc(-c3cnn4ccncc34)[nH]c2c1. The van der Waals surface area contributed by atoms with Crippen LogP contribution in [-0.2, 0) is 0 Å². The molecule has 0 aliphatic rings. The third kappa shape index (κ3) is 1.47. The summed E-state index contributed by atoms with van der Waals surface area (Å²) in [6.45, 7) is 0. The van der Waals surface area contributed by atoms with Gasteiger partial charge in [0, 0.05) is 12.4 Å². The molecule has 0 aliphatic heterocycles. The molecule has 6 heteroatoms. The quantitative estimate of drug-likeness (QED) is 0.568. The Labute approximate surface area is 113 Å². The van der Waals surface area contributed by atoms with Gasteiger partial charge >= 0.3 is 0 Å². The first-order chi connectivity index (χ1) is 9.85. The molecule has 0 unspecified atom stereocenters. The summed E-state index contributed by atoms with van der Waals surface area (Å²) in [7, 11) is 0. The van der Waals surface area contributed by atoms with Gasteiger partial charge in [-0.05, 0) is 18.2 Å². The number of nitriles is 1. The molecule has 0 amide bonds. The van der Waals surface area contributed by atoms with Gasteiger partial charge < -0.3 is 4.98 Å². The predicted octanol–water partition coefficient (Wildman–Crippen LogP) is 2.14. The summed E-state index contributed by atoms with van der Waals surface area (Å²) in [5.74, 6) is 0.720. The fourth-order valence-electron chi connectivity index (χ4n) is 2.22. The van der Waals surface area contributed by atoms with Gasteiger partial charge in [-0.3, -0.25) is 4.98 Å². The van der Waals surface area contributed by atoms with E-state index in [1.165, 1.54) is 0 Å². The van der Waals surface area contributed by atoms with Crippen LogP contribution >= 0.6 is 0 Å². The summed E-state index contributed by atoms with van der Waals surface area (Å²) in [6.07, 6.45) is 6.97. The van der Waals surface area contributed by atoms with Crippen LogP contribution in [0.15, 0.2) is 43.0 Å². The standard InChI is InChI=1S/C14H8N6/c15-6-9-1-2-11-12(5-9)19-14(18-11)10-7-17-20-4-3-16-8-13(10)20/h1-5,7-8H,(H,18,19). The van der Waals surface area contributed by atoms with E-state index in [9.17, 15) is 0 Å². The zero-order valence-corrected chi connectivity index (χ0v) is 10.3. The molecule has 0 saturated heterocycles. The van der Waals surface area contributed by atoms with Gasteiger partial charge in [-0.2, -0.15) is 10.4 Å². The van der Waals surface area contributed by atoms with Crippen LogP contribution in [0.3, 0.4) is 0 Å². The number of benzene rings is 1. The molecule has 0 atom stereocenters. The molecular weight excluding hydrogens is 252 g/mol. The number of imidazole rings is 1. The molecule has 0 fully saturated rings. The van der Waals surface area contributed by atoms with E-state index in [0.29, 0.717) is 5.56 Å². The zero-order chi connectivity index (χ0) is 13.5. The van der Waals surface area contributed by atoms with Crippen molar-refractivity contribution in [1.29, 1.82) is 5.26 Å². The fraction of sp³-hybridized carbons (Fsp3) is 0. The van der Waals surface area contributed by atoms with Crippen molar-refractivity contribution < 1.29 is 0 Å². The number of fused-ring (bicyclic) bond motifs is 2. The van der Waals surface area contributed by atoms with Crippen LogP contribution in [0.2, 0.25) is 0 Å². The van der Waals surface area contributed by atoms with Gasteiger partial charge in [0.1, 0.15) is 5.82 Å². The van der Waals surface area contributed by atoms with E-state index in [-0.39, 0.29) is 0 Å². The van der Waals surface area contributed by atoms with Gasteiger partial charge in [-0.25, -0.2) is 9.50 Å². The Morgan fingerprint density at radius 2 is 2.20 bits per heavy atom. The first-order valence-corrected chi connectivity index (χ1v) is 6.03. The van der Waals surface area contributed by atoms with Crippen molar-refractivity contribution in [2.75, 3.05) is 0 Å².